The highest BCUT2D eigenvalue weighted by molar-refractivity contribution is 8.06. The number of carbonyl (C=O) groups excluding carboxylic acids is 1. The average Bonchev–Trinajstić information content (AvgIpc) is 2.28. The largest absolute Gasteiger partial charge is 0.450 e. The van der Waals surface area contributed by atoms with Crippen molar-refractivity contribution in [3.63, 3.8) is 0 Å². The highest BCUT2D eigenvalue weighted by atomic mass is 32.2. The minimum absolute atomic E-state index is 0.00972. The lowest BCUT2D eigenvalue weighted by Gasteiger charge is -2.33. The van der Waals surface area contributed by atoms with Crippen molar-refractivity contribution in [3.8, 4) is 0 Å². The van der Waals surface area contributed by atoms with Crippen molar-refractivity contribution in [1.29, 1.82) is 0 Å². The van der Waals surface area contributed by atoms with Gasteiger partial charge >= 0.3 is 5.97 Å². The van der Waals surface area contributed by atoms with E-state index in [9.17, 15) is 4.79 Å². The molecule has 0 aromatic carbocycles. The SMILES string of the molecule is C=CC(C)(CC(C)(C)C)C(=O)OC1CSCCS1. The van der Waals surface area contributed by atoms with Gasteiger partial charge in [-0.2, -0.15) is 11.8 Å². The van der Waals surface area contributed by atoms with Crippen molar-refractivity contribution >= 4 is 29.5 Å². The smallest absolute Gasteiger partial charge is 0.316 e. The Balaban J connectivity index is 2.63. The molecule has 1 saturated heterocycles. The summed E-state index contributed by atoms with van der Waals surface area (Å²) >= 11 is 3.59. The lowest BCUT2D eigenvalue weighted by Crippen LogP contribution is -2.35. The molecular weight excluding hydrogens is 264 g/mol. The van der Waals surface area contributed by atoms with Crippen molar-refractivity contribution in [2.24, 2.45) is 10.8 Å². The van der Waals surface area contributed by atoms with E-state index in [2.05, 4.69) is 27.4 Å². The summed E-state index contributed by atoms with van der Waals surface area (Å²) in [7, 11) is 0. The van der Waals surface area contributed by atoms with Crippen LogP contribution in [0.2, 0.25) is 0 Å². The van der Waals surface area contributed by atoms with E-state index < -0.39 is 5.41 Å². The molecule has 4 heteroatoms. The van der Waals surface area contributed by atoms with Gasteiger partial charge in [0.1, 0.15) is 0 Å². The summed E-state index contributed by atoms with van der Waals surface area (Å²) < 4.78 is 5.63. The highest BCUT2D eigenvalue weighted by Gasteiger charge is 2.37. The summed E-state index contributed by atoms with van der Waals surface area (Å²) in [5, 5.41) is 0. The fourth-order valence-electron chi connectivity index (χ4n) is 2.12. The van der Waals surface area contributed by atoms with Crippen LogP contribution in [0.15, 0.2) is 12.7 Å². The Bertz CT molecular complexity index is 303. The fraction of sp³-hybridized carbons (Fsp3) is 0.786. The molecule has 0 amide bonds. The second-order valence-electron chi connectivity index (χ2n) is 6.14. The van der Waals surface area contributed by atoms with Crippen LogP contribution in [0.3, 0.4) is 0 Å². The van der Waals surface area contributed by atoms with Gasteiger partial charge < -0.3 is 4.74 Å². The van der Waals surface area contributed by atoms with Gasteiger partial charge in [-0.15, -0.1) is 18.3 Å². The topological polar surface area (TPSA) is 26.3 Å². The Labute approximate surface area is 119 Å². The number of carbonyl (C=O) groups is 1. The summed E-state index contributed by atoms with van der Waals surface area (Å²) in [5.74, 6) is 2.98. The zero-order chi connectivity index (χ0) is 13.8. The van der Waals surface area contributed by atoms with Crippen LogP contribution >= 0.6 is 23.5 Å². The summed E-state index contributed by atoms with van der Waals surface area (Å²) in [6.45, 7) is 12.1. The highest BCUT2D eigenvalue weighted by Crippen LogP contribution is 2.37. The normalized spacial score (nSPS) is 24.1. The van der Waals surface area contributed by atoms with Gasteiger partial charge in [0.05, 0.1) is 5.41 Å². The maximum Gasteiger partial charge on any atom is 0.316 e. The van der Waals surface area contributed by atoms with E-state index in [-0.39, 0.29) is 16.8 Å². The summed E-state index contributed by atoms with van der Waals surface area (Å²) in [5.41, 5.74) is -0.493. The monoisotopic (exact) mass is 288 g/mol. The van der Waals surface area contributed by atoms with Crippen molar-refractivity contribution in [1.82, 2.24) is 0 Å². The molecule has 1 fully saturated rings. The van der Waals surface area contributed by atoms with E-state index in [0.29, 0.717) is 0 Å². The molecule has 18 heavy (non-hydrogen) atoms. The van der Waals surface area contributed by atoms with Crippen molar-refractivity contribution in [3.05, 3.63) is 12.7 Å². The van der Waals surface area contributed by atoms with Crippen LogP contribution in [0, 0.1) is 10.8 Å². The van der Waals surface area contributed by atoms with Gasteiger partial charge in [0.25, 0.3) is 0 Å². The molecule has 0 spiro atoms. The van der Waals surface area contributed by atoms with Gasteiger partial charge in [0.15, 0.2) is 5.44 Å². The summed E-state index contributed by atoms with van der Waals surface area (Å²) in [6, 6.07) is 0. The van der Waals surface area contributed by atoms with E-state index in [0.717, 1.165) is 23.7 Å². The van der Waals surface area contributed by atoms with Crippen molar-refractivity contribution < 1.29 is 9.53 Å². The molecule has 2 nitrogen and oxygen atoms in total. The Morgan fingerprint density at radius 1 is 1.39 bits per heavy atom. The van der Waals surface area contributed by atoms with E-state index in [1.54, 1.807) is 17.8 Å². The zero-order valence-corrected chi connectivity index (χ0v) is 13.5. The second kappa shape index (κ2) is 6.38. The van der Waals surface area contributed by atoms with Crippen LogP contribution in [0.1, 0.15) is 34.1 Å². The van der Waals surface area contributed by atoms with Crippen LogP contribution in [0.4, 0.5) is 0 Å². The van der Waals surface area contributed by atoms with E-state index >= 15 is 0 Å². The van der Waals surface area contributed by atoms with E-state index in [4.69, 9.17) is 4.74 Å². The maximum absolute atomic E-state index is 12.3. The molecule has 1 aliphatic rings. The maximum atomic E-state index is 12.3. The summed E-state index contributed by atoms with van der Waals surface area (Å²) in [4.78, 5) is 12.3. The number of thioether (sulfide) groups is 2. The zero-order valence-electron chi connectivity index (χ0n) is 11.8. The number of rotatable bonds is 4. The molecule has 1 rings (SSSR count). The molecule has 0 aromatic rings. The van der Waals surface area contributed by atoms with E-state index in [1.807, 2.05) is 18.7 Å². The third kappa shape index (κ3) is 4.88. The third-order valence-electron chi connectivity index (χ3n) is 2.84. The van der Waals surface area contributed by atoms with Crippen LogP contribution in [-0.4, -0.2) is 28.7 Å². The van der Waals surface area contributed by atoms with E-state index in [1.165, 1.54) is 0 Å². The van der Waals surface area contributed by atoms with Gasteiger partial charge in [-0.25, -0.2) is 0 Å². The first-order valence-electron chi connectivity index (χ1n) is 6.31. The molecule has 2 unspecified atom stereocenters. The predicted molar refractivity (Wildman–Crippen MR) is 82.0 cm³/mol. The van der Waals surface area contributed by atoms with Crippen LogP contribution < -0.4 is 0 Å². The molecule has 0 aromatic heterocycles. The number of esters is 1. The summed E-state index contributed by atoms with van der Waals surface area (Å²) in [6.07, 6.45) is 2.49. The van der Waals surface area contributed by atoms with Gasteiger partial charge in [-0.1, -0.05) is 26.8 Å². The average molecular weight is 288 g/mol. The first-order valence-corrected chi connectivity index (χ1v) is 8.51. The Kier molecular flexibility index (Phi) is 5.66. The number of hydrogen-bond donors (Lipinski definition) is 0. The first-order chi connectivity index (χ1) is 8.27. The lowest BCUT2D eigenvalue weighted by atomic mass is 9.75. The second-order valence-corrected chi connectivity index (χ2v) is 8.56. The van der Waals surface area contributed by atoms with Crippen LogP contribution in [-0.2, 0) is 9.53 Å². The standard InChI is InChI=1S/C14H24O2S2/c1-6-14(5,10-13(2,3)4)12(15)16-11-9-17-7-8-18-11/h6,11H,1,7-10H2,2-5H3. The fourth-order valence-corrected chi connectivity index (χ4v) is 4.49. The molecule has 2 atom stereocenters. The Hall–Kier alpha value is -0.0900. The molecule has 0 N–H and O–H groups in total. The molecule has 0 radical (unpaired) electrons. The van der Waals surface area contributed by atoms with Gasteiger partial charge in [-0.3, -0.25) is 4.79 Å². The molecular formula is C14H24O2S2. The van der Waals surface area contributed by atoms with Crippen LogP contribution in [0.5, 0.6) is 0 Å². The number of hydrogen-bond acceptors (Lipinski definition) is 4. The van der Waals surface area contributed by atoms with Crippen molar-refractivity contribution in [2.75, 3.05) is 17.3 Å². The molecule has 104 valence electrons. The van der Waals surface area contributed by atoms with Crippen LogP contribution in [0.25, 0.3) is 0 Å². The lowest BCUT2D eigenvalue weighted by molar-refractivity contribution is -0.154. The molecule has 0 bridgehead atoms. The molecule has 1 aliphatic heterocycles. The predicted octanol–water partition coefficient (Wildman–Crippen LogP) is 3.96. The van der Waals surface area contributed by atoms with Crippen molar-refractivity contribution in [2.45, 2.75) is 39.6 Å². The van der Waals surface area contributed by atoms with Gasteiger partial charge in [0, 0.05) is 17.3 Å². The minimum atomic E-state index is -0.582. The quantitative estimate of drug-likeness (QED) is 0.578. The molecule has 0 saturated carbocycles. The minimum Gasteiger partial charge on any atom is -0.450 e. The first kappa shape index (κ1) is 16.0. The van der Waals surface area contributed by atoms with Gasteiger partial charge in [-0.05, 0) is 18.8 Å². The third-order valence-corrected chi connectivity index (χ3v) is 5.41. The Morgan fingerprint density at radius 2 is 2.06 bits per heavy atom. The Morgan fingerprint density at radius 3 is 2.50 bits per heavy atom. The molecule has 0 aliphatic carbocycles. The van der Waals surface area contributed by atoms with Gasteiger partial charge in [0.2, 0.25) is 0 Å². The molecule has 1 heterocycles. The number of ether oxygens (including phenoxy) is 1.